The lowest BCUT2D eigenvalue weighted by molar-refractivity contribution is 0.0602. The molecule has 1 fully saturated rings. The highest BCUT2D eigenvalue weighted by Gasteiger charge is 2.26. The van der Waals surface area contributed by atoms with Gasteiger partial charge in [0.1, 0.15) is 5.75 Å². The Bertz CT molecular complexity index is 1370. The van der Waals surface area contributed by atoms with Crippen molar-refractivity contribution in [3.63, 3.8) is 0 Å². The van der Waals surface area contributed by atoms with Gasteiger partial charge in [0.05, 0.1) is 23.8 Å². The van der Waals surface area contributed by atoms with Crippen LogP contribution in [0.25, 0.3) is 33.4 Å². The molecule has 0 atom stereocenters. The van der Waals surface area contributed by atoms with E-state index >= 15 is 0 Å². The maximum atomic E-state index is 13.2. The van der Waals surface area contributed by atoms with Gasteiger partial charge in [0.15, 0.2) is 5.65 Å². The Kier molecular flexibility index (Phi) is 5.69. The van der Waals surface area contributed by atoms with Crippen LogP contribution in [0.5, 0.6) is 5.75 Å². The van der Waals surface area contributed by atoms with Crippen molar-refractivity contribution in [2.75, 3.05) is 25.1 Å². The first-order valence-corrected chi connectivity index (χ1v) is 11.6. The largest absolute Gasteiger partial charge is 0.508 e. The number of aryl methyl sites for hydroxylation is 2. The van der Waals surface area contributed by atoms with Gasteiger partial charge in [-0.3, -0.25) is 5.10 Å². The molecule has 34 heavy (non-hydrogen) atoms. The van der Waals surface area contributed by atoms with Gasteiger partial charge in [0.2, 0.25) is 0 Å². The number of pyridine rings is 1. The summed E-state index contributed by atoms with van der Waals surface area (Å²) in [6, 6.07) is 13.5. The van der Waals surface area contributed by atoms with Crippen LogP contribution >= 0.6 is 0 Å². The number of hydrogen-bond acceptors (Lipinski definition) is 6. The summed E-state index contributed by atoms with van der Waals surface area (Å²) in [6.45, 7) is 5.87. The number of phenols is 1. The summed E-state index contributed by atoms with van der Waals surface area (Å²) in [5.74, 6) is -0.278. The maximum Gasteiger partial charge on any atom is 0.340 e. The van der Waals surface area contributed by atoms with Crippen molar-refractivity contribution < 1.29 is 14.6 Å². The summed E-state index contributed by atoms with van der Waals surface area (Å²) < 4.78 is 5.23. The Morgan fingerprint density at radius 3 is 2.41 bits per heavy atom. The number of methoxy groups -OCH3 is 1. The third-order valence-corrected chi connectivity index (χ3v) is 6.62. The lowest BCUT2D eigenvalue weighted by Gasteiger charge is -2.29. The zero-order chi connectivity index (χ0) is 23.8. The van der Waals surface area contributed by atoms with Gasteiger partial charge in [-0.2, -0.15) is 5.10 Å². The molecule has 5 rings (SSSR count). The average molecular weight is 457 g/mol. The fraction of sp³-hybridized carbons (Fsp3) is 0.296. The van der Waals surface area contributed by atoms with Crippen molar-refractivity contribution in [3.05, 3.63) is 59.3 Å². The molecule has 174 valence electrons. The molecule has 0 radical (unpaired) electrons. The number of anilines is 1. The molecule has 7 nitrogen and oxygen atoms in total. The first kappa shape index (κ1) is 21.9. The topological polar surface area (TPSA) is 91.3 Å². The highest BCUT2D eigenvalue weighted by Crippen LogP contribution is 2.39. The molecule has 3 heterocycles. The molecule has 2 N–H and O–H groups in total. The Balaban J connectivity index is 1.75. The Morgan fingerprint density at radius 2 is 1.74 bits per heavy atom. The number of esters is 1. The van der Waals surface area contributed by atoms with Gasteiger partial charge in [-0.15, -0.1) is 0 Å². The quantitative estimate of drug-likeness (QED) is 0.400. The van der Waals surface area contributed by atoms with Crippen molar-refractivity contribution in [2.24, 2.45) is 0 Å². The standard InChI is InChI=1S/C27H28N4O3/c1-16-15-19(9-12-21(16)32)25-24(27(33)34-3)23(22-17(2)29-30-26(22)28-25)18-7-10-20(11-8-18)31-13-5-4-6-14-31/h7-12,15,32H,4-6,13-14H2,1-3H3,(H,28,29,30). The molecule has 4 aromatic rings. The van der Waals surface area contributed by atoms with E-state index in [0.717, 1.165) is 35.3 Å². The van der Waals surface area contributed by atoms with E-state index in [2.05, 4.69) is 39.4 Å². The van der Waals surface area contributed by atoms with Crippen LogP contribution in [0.15, 0.2) is 42.5 Å². The minimum absolute atomic E-state index is 0.189. The van der Waals surface area contributed by atoms with Crippen LogP contribution < -0.4 is 4.90 Å². The summed E-state index contributed by atoms with van der Waals surface area (Å²) >= 11 is 0. The van der Waals surface area contributed by atoms with Gasteiger partial charge >= 0.3 is 5.97 Å². The zero-order valence-electron chi connectivity index (χ0n) is 19.7. The minimum Gasteiger partial charge on any atom is -0.508 e. The van der Waals surface area contributed by atoms with Gasteiger partial charge in [0, 0.05) is 35.6 Å². The number of aromatic nitrogens is 3. The monoisotopic (exact) mass is 456 g/mol. The second-order valence-electron chi connectivity index (χ2n) is 8.85. The number of ether oxygens (including phenoxy) is 1. The molecule has 0 saturated carbocycles. The van der Waals surface area contributed by atoms with E-state index in [4.69, 9.17) is 9.72 Å². The van der Waals surface area contributed by atoms with Gasteiger partial charge < -0.3 is 14.7 Å². The van der Waals surface area contributed by atoms with Crippen molar-refractivity contribution in [2.45, 2.75) is 33.1 Å². The lowest BCUT2D eigenvalue weighted by atomic mass is 9.92. The molecule has 2 aromatic heterocycles. The van der Waals surface area contributed by atoms with Crippen molar-refractivity contribution >= 4 is 22.7 Å². The molecule has 0 spiro atoms. The molecular weight excluding hydrogens is 428 g/mol. The highest BCUT2D eigenvalue weighted by molar-refractivity contribution is 6.11. The molecule has 0 amide bonds. The fourth-order valence-corrected chi connectivity index (χ4v) is 4.79. The van der Waals surface area contributed by atoms with E-state index < -0.39 is 5.97 Å². The van der Waals surface area contributed by atoms with Gasteiger partial charge in [0.25, 0.3) is 0 Å². The molecule has 1 saturated heterocycles. The summed E-state index contributed by atoms with van der Waals surface area (Å²) in [4.78, 5) is 20.4. The predicted molar refractivity (Wildman–Crippen MR) is 133 cm³/mol. The van der Waals surface area contributed by atoms with Crippen molar-refractivity contribution in [1.82, 2.24) is 15.2 Å². The number of rotatable bonds is 4. The second kappa shape index (κ2) is 8.82. The molecule has 0 bridgehead atoms. The number of carbonyl (C=O) groups excluding carboxylic acids is 1. The number of hydrogen-bond donors (Lipinski definition) is 2. The lowest BCUT2D eigenvalue weighted by Crippen LogP contribution is -2.29. The Hall–Kier alpha value is -3.87. The first-order chi connectivity index (χ1) is 16.5. The number of piperidine rings is 1. The average Bonchev–Trinajstić information content (AvgIpc) is 3.25. The smallest absolute Gasteiger partial charge is 0.340 e. The van der Waals surface area contributed by atoms with E-state index in [1.54, 1.807) is 12.1 Å². The molecule has 7 heteroatoms. The van der Waals surface area contributed by atoms with Crippen LogP contribution in [0, 0.1) is 13.8 Å². The number of aromatic hydroxyl groups is 1. The number of nitrogens with one attached hydrogen (secondary N) is 1. The van der Waals surface area contributed by atoms with E-state index in [1.807, 2.05) is 19.9 Å². The third-order valence-electron chi connectivity index (χ3n) is 6.62. The van der Waals surface area contributed by atoms with Crippen LogP contribution in [0.4, 0.5) is 5.69 Å². The van der Waals surface area contributed by atoms with Crippen LogP contribution in [0.3, 0.4) is 0 Å². The third kappa shape index (κ3) is 3.77. The number of nitrogens with zero attached hydrogens (tertiary/aromatic N) is 3. The van der Waals surface area contributed by atoms with E-state index in [1.165, 1.54) is 32.1 Å². The first-order valence-electron chi connectivity index (χ1n) is 11.6. The predicted octanol–water partition coefficient (Wildman–Crippen LogP) is 5.39. The molecule has 0 aliphatic carbocycles. The van der Waals surface area contributed by atoms with E-state index in [-0.39, 0.29) is 5.75 Å². The number of aromatic amines is 1. The molecule has 1 aliphatic rings. The van der Waals surface area contributed by atoms with Crippen LogP contribution in [-0.2, 0) is 4.74 Å². The number of benzene rings is 2. The van der Waals surface area contributed by atoms with Crippen LogP contribution in [0.2, 0.25) is 0 Å². The maximum absolute atomic E-state index is 13.2. The molecule has 0 unspecified atom stereocenters. The van der Waals surface area contributed by atoms with Gasteiger partial charge in [-0.1, -0.05) is 12.1 Å². The van der Waals surface area contributed by atoms with Crippen molar-refractivity contribution in [3.8, 4) is 28.1 Å². The summed E-state index contributed by atoms with van der Waals surface area (Å²) in [5.41, 5.74) is 6.46. The van der Waals surface area contributed by atoms with Gasteiger partial charge in [-0.25, -0.2) is 9.78 Å². The highest BCUT2D eigenvalue weighted by atomic mass is 16.5. The number of phenolic OH excluding ortho intramolecular Hbond substituents is 1. The SMILES string of the molecule is COC(=O)c1c(-c2ccc(O)c(C)c2)nc2n[nH]c(C)c2c1-c1ccc(N2CCCCC2)cc1. The second-order valence-corrected chi connectivity index (χ2v) is 8.85. The van der Waals surface area contributed by atoms with Crippen molar-refractivity contribution in [1.29, 1.82) is 0 Å². The van der Waals surface area contributed by atoms with Gasteiger partial charge in [-0.05, 0) is 74.6 Å². The summed E-state index contributed by atoms with van der Waals surface area (Å²) in [7, 11) is 1.38. The molecular formula is C27H28N4O3. The van der Waals surface area contributed by atoms with Crippen LogP contribution in [0.1, 0.15) is 40.9 Å². The van der Waals surface area contributed by atoms with E-state index in [9.17, 15) is 9.90 Å². The summed E-state index contributed by atoms with van der Waals surface area (Å²) in [5, 5.41) is 18.2. The molecule has 2 aromatic carbocycles. The van der Waals surface area contributed by atoms with E-state index in [0.29, 0.717) is 28.0 Å². The minimum atomic E-state index is -0.467. The Labute approximate surface area is 198 Å². The normalized spacial score (nSPS) is 13.9. The van der Waals surface area contributed by atoms with Crippen LogP contribution in [-0.4, -0.2) is 46.5 Å². The molecule has 1 aliphatic heterocycles. The number of H-pyrrole nitrogens is 1. The summed E-state index contributed by atoms with van der Waals surface area (Å²) in [6.07, 6.45) is 3.71. The Morgan fingerprint density at radius 1 is 1.03 bits per heavy atom. The zero-order valence-corrected chi connectivity index (χ0v) is 19.7. The number of carbonyl (C=O) groups is 1. The number of fused-ring (bicyclic) bond motifs is 1. The fourth-order valence-electron chi connectivity index (χ4n) is 4.79.